The second kappa shape index (κ2) is 5.77. The molecule has 0 aliphatic carbocycles. The number of rotatable bonds is 3. The van der Waals surface area contributed by atoms with Gasteiger partial charge < -0.3 is 10.6 Å². The van der Waals surface area contributed by atoms with Crippen LogP contribution in [0.1, 0.15) is 23.5 Å². The first-order chi connectivity index (χ1) is 10.2. The number of nitriles is 1. The summed E-state index contributed by atoms with van der Waals surface area (Å²) in [6.45, 7) is 1.58. The lowest BCUT2D eigenvalue weighted by atomic mass is 9.98. The first-order valence-electron chi connectivity index (χ1n) is 7.00. The topological polar surface area (TPSA) is 53.0 Å². The molecule has 21 heavy (non-hydrogen) atoms. The molecule has 0 amide bonds. The number of fused-ring (bicyclic) bond motifs is 1. The van der Waals surface area contributed by atoms with E-state index >= 15 is 0 Å². The van der Waals surface area contributed by atoms with E-state index in [2.05, 4.69) is 29.2 Å². The van der Waals surface area contributed by atoms with Gasteiger partial charge in [-0.2, -0.15) is 5.26 Å². The van der Waals surface area contributed by atoms with E-state index in [-0.39, 0.29) is 0 Å². The van der Waals surface area contributed by atoms with Crippen LogP contribution in [-0.4, -0.2) is 13.1 Å². The predicted molar refractivity (Wildman–Crippen MR) is 86.0 cm³/mol. The molecule has 1 atom stereocenters. The van der Waals surface area contributed by atoms with Crippen LogP contribution in [0.2, 0.25) is 5.02 Å². The van der Waals surface area contributed by atoms with Gasteiger partial charge in [0.15, 0.2) is 0 Å². The highest BCUT2D eigenvalue weighted by Crippen LogP contribution is 2.42. The molecule has 2 aromatic carbocycles. The van der Waals surface area contributed by atoms with Gasteiger partial charge in [-0.1, -0.05) is 29.8 Å². The molecule has 0 saturated heterocycles. The van der Waals surface area contributed by atoms with Crippen LogP contribution in [0.25, 0.3) is 0 Å². The molecule has 0 bridgehead atoms. The van der Waals surface area contributed by atoms with Crippen molar-refractivity contribution in [3.05, 3.63) is 58.6 Å². The Balaban J connectivity index is 2.01. The molecule has 1 unspecified atom stereocenters. The van der Waals surface area contributed by atoms with Crippen molar-refractivity contribution in [2.24, 2.45) is 5.73 Å². The summed E-state index contributed by atoms with van der Waals surface area (Å²) >= 11 is 6.16. The van der Waals surface area contributed by atoms with E-state index in [9.17, 15) is 0 Å². The molecule has 2 aromatic rings. The molecule has 0 fully saturated rings. The average Bonchev–Trinajstić information content (AvgIpc) is 2.87. The Bertz CT molecular complexity index is 705. The molecular formula is C17H16ClN3. The standard InChI is InChI=1S/C17H16ClN3/c18-16-9-14(6-5-12(16)10-20)21-11-13(7-8-19)15-3-1-2-4-17(15)21/h1-6,9,13H,7-8,11,19H2. The Kier molecular flexibility index (Phi) is 3.83. The van der Waals surface area contributed by atoms with E-state index in [0.717, 1.165) is 18.7 Å². The zero-order valence-electron chi connectivity index (χ0n) is 11.6. The quantitative estimate of drug-likeness (QED) is 0.937. The van der Waals surface area contributed by atoms with Crippen LogP contribution in [0, 0.1) is 11.3 Å². The number of hydrogen-bond acceptors (Lipinski definition) is 3. The van der Waals surface area contributed by atoms with Crippen molar-refractivity contribution in [3.8, 4) is 6.07 Å². The highest BCUT2D eigenvalue weighted by molar-refractivity contribution is 6.32. The van der Waals surface area contributed by atoms with E-state index in [1.807, 2.05) is 18.2 Å². The van der Waals surface area contributed by atoms with Crippen molar-refractivity contribution in [1.82, 2.24) is 0 Å². The Labute approximate surface area is 129 Å². The first kappa shape index (κ1) is 13.9. The van der Waals surface area contributed by atoms with Crippen LogP contribution < -0.4 is 10.6 Å². The minimum Gasteiger partial charge on any atom is -0.341 e. The Hall–Kier alpha value is -2.02. The smallest absolute Gasteiger partial charge is 0.101 e. The number of benzene rings is 2. The fraction of sp³-hybridized carbons (Fsp3) is 0.235. The van der Waals surface area contributed by atoms with Crippen LogP contribution in [0.3, 0.4) is 0 Å². The predicted octanol–water partition coefficient (Wildman–Crippen LogP) is 3.80. The molecule has 3 nitrogen and oxygen atoms in total. The van der Waals surface area contributed by atoms with Gasteiger partial charge in [0.2, 0.25) is 0 Å². The van der Waals surface area contributed by atoms with Crippen LogP contribution in [0.4, 0.5) is 11.4 Å². The Morgan fingerprint density at radius 2 is 2.10 bits per heavy atom. The van der Waals surface area contributed by atoms with Crippen molar-refractivity contribution in [1.29, 1.82) is 5.26 Å². The van der Waals surface area contributed by atoms with E-state index in [0.29, 0.717) is 23.0 Å². The average molecular weight is 298 g/mol. The third-order valence-corrected chi connectivity index (χ3v) is 4.28. The maximum atomic E-state index is 8.98. The summed E-state index contributed by atoms with van der Waals surface area (Å²) in [5, 5.41) is 9.48. The van der Waals surface area contributed by atoms with Gasteiger partial charge in [-0.3, -0.25) is 0 Å². The van der Waals surface area contributed by atoms with Crippen LogP contribution >= 0.6 is 11.6 Å². The molecule has 1 aliphatic rings. The molecule has 106 valence electrons. The largest absolute Gasteiger partial charge is 0.341 e. The normalized spacial score (nSPS) is 16.6. The molecule has 0 saturated carbocycles. The molecule has 0 spiro atoms. The summed E-state index contributed by atoms with van der Waals surface area (Å²) in [4.78, 5) is 2.25. The summed E-state index contributed by atoms with van der Waals surface area (Å²) < 4.78 is 0. The summed E-state index contributed by atoms with van der Waals surface area (Å²) in [5.74, 6) is 0.445. The van der Waals surface area contributed by atoms with Crippen molar-refractivity contribution in [2.45, 2.75) is 12.3 Å². The van der Waals surface area contributed by atoms with E-state index < -0.39 is 0 Å². The van der Waals surface area contributed by atoms with Gasteiger partial charge in [-0.25, -0.2) is 0 Å². The minimum absolute atomic E-state index is 0.445. The molecule has 4 heteroatoms. The van der Waals surface area contributed by atoms with Gasteiger partial charge >= 0.3 is 0 Å². The molecule has 3 rings (SSSR count). The fourth-order valence-corrected chi connectivity index (χ4v) is 3.17. The van der Waals surface area contributed by atoms with E-state index in [1.165, 1.54) is 11.3 Å². The van der Waals surface area contributed by atoms with Crippen LogP contribution in [0.5, 0.6) is 0 Å². The molecular weight excluding hydrogens is 282 g/mol. The zero-order valence-corrected chi connectivity index (χ0v) is 12.3. The number of halogens is 1. The van der Waals surface area contributed by atoms with Gasteiger partial charge in [-0.05, 0) is 42.8 Å². The highest BCUT2D eigenvalue weighted by atomic mass is 35.5. The number of hydrogen-bond donors (Lipinski definition) is 1. The van der Waals surface area contributed by atoms with Crippen molar-refractivity contribution in [3.63, 3.8) is 0 Å². The SMILES string of the molecule is N#Cc1ccc(N2CC(CCN)c3ccccc32)cc1Cl. The van der Waals surface area contributed by atoms with Crippen LogP contribution in [0.15, 0.2) is 42.5 Å². The molecule has 0 radical (unpaired) electrons. The highest BCUT2D eigenvalue weighted by Gasteiger charge is 2.28. The van der Waals surface area contributed by atoms with Gasteiger partial charge in [0, 0.05) is 23.8 Å². The van der Waals surface area contributed by atoms with Crippen molar-refractivity contribution < 1.29 is 0 Å². The second-order valence-electron chi connectivity index (χ2n) is 5.22. The van der Waals surface area contributed by atoms with E-state index in [4.69, 9.17) is 22.6 Å². The summed E-state index contributed by atoms with van der Waals surface area (Å²) in [6.07, 6.45) is 0.970. The molecule has 1 heterocycles. The number of nitrogens with zero attached hydrogens (tertiary/aromatic N) is 2. The molecule has 1 aliphatic heterocycles. The molecule has 0 aromatic heterocycles. The third kappa shape index (κ3) is 2.49. The number of anilines is 2. The maximum absolute atomic E-state index is 8.98. The minimum atomic E-state index is 0.445. The maximum Gasteiger partial charge on any atom is 0.101 e. The lowest BCUT2D eigenvalue weighted by Gasteiger charge is -2.20. The van der Waals surface area contributed by atoms with Crippen molar-refractivity contribution >= 4 is 23.0 Å². The van der Waals surface area contributed by atoms with Gasteiger partial charge in [0.25, 0.3) is 0 Å². The van der Waals surface area contributed by atoms with E-state index in [1.54, 1.807) is 6.07 Å². The van der Waals surface area contributed by atoms with Gasteiger partial charge in [-0.15, -0.1) is 0 Å². The first-order valence-corrected chi connectivity index (χ1v) is 7.38. The summed E-state index contributed by atoms with van der Waals surface area (Å²) in [6, 6.07) is 16.1. The second-order valence-corrected chi connectivity index (χ2v) is 5.63. The van der Waals surface area contributed by atoms with Gasteiger partial charge in [0.05, 0.1) is 10.6 Å². The summed E-state index contributed by atoms with van der Waals surface area (Å²) in [5.41, 5.74) is 9.80. The lowest BCUT2D eigenvalue weighted by molar-refractivity contribution is 0.669. The molecule has 2 N–H and O–H groups in total. The fourth-order valence-electron chi connectivity index (χ4n) is 2.95. The Morgan fingerprint density at radius 1 is 1.29 bits per heavy atom. The lowest BCUT2D eigenvalue weighted by Crippen LogP contribution is -2.17. The third-order valence-electron chi connectivity index (χ3n) is 3.97. The van der Waals surface area contributed by atoms with Crippen LogP contribution in [-0.2, 0) is 0 Å². The zero-order chi connectivity index (χ0) is 14.8. The Morgan fingerprint density at radius 3 is 2.81 bits per heavy atom. The number of para-hydroxylation sites is 1. The van der Waals surface area contributed by atoms with Gasteiger partial charge in [0.1, 0.15) is 6.07 Å². The summed E-state index contributed by atoms with van der Waals surface area (Å²) in [7, 11) is 0. The monoisotopic (exact) mass is 297 g/mol. The van der Waals surface area contributed by atoms with Crippen molar-refractivity contribution in [2.75, 3.05) is 18.0 Å². The number of nitrogens with two attached hydrogens (primary N) is 1.